The average Bonchev–Trinajstić information content (AvgIpc) is 2.63. The monoisotopic (exact) mass is 284 g/mol. The summed E-state index contributed by atoms with van der Waals surface area (Å²) in [6.45, 7) is 1.13. The summed E-state index contributed by atoms with van der Waals surface area (Å²) in [6.07, 6.45) is 0.485. The van der Waals surface area contributed by atoms with Gasteiger partial charge in [0.15, 0.2) is 0 Å². The molecule has 1 saturated heterocycles. The van der Waals surface area contributed by atoms with Gasteiger partial charge in [0.05, 0.1) is 5.69 Å². The van der Waals surface area contributed by atoms with Crippen molar-refractivity contribution in [3.63, 3.8) is 0 Å². The van der Waals surface area contributed by atoms with Crippen LogP contribution in [-0.2, 0) is 4.79 Å². The number of hydrogen-bond acceptors (Lipinski definition) is 3. The fourth-order valence-corrected chi connectivity index (χ4v) is 2.34. The van der Waals surface area contributed by atoms with Crippen molar-refractivity contribution in [3.8, 4) is 5.75 Å². The molecule has 1 heterocycles. The largest absolute Gasteiger partial charge is 0.508 e. The molecular formula is C11H13BrN2O2. The van der Waals surface area contributed by atoms with Gasteiger partial charge < -0.3 is 15.7 Å². The summed E-state index contributed by atoms with van der Waals surface area (Å²) in [4.78, 5) is 13.4. The summed E-state index contributed by atoms with van der Waals surface area (Å²) in [7, 11) is 0. The van der Waals surface area contributed by atoms with Crippen molar-refractivity contribution in [2.24, 2.45) is 11.7 Å². The molecule has 16 heavy (non-hydrogen) atoms. The van der Waals surface area contributed by atoms with E-state index in [0.29, 0.717) is 25.2 Å². The van der Waals surface area contributed by atoms with Gasteiger partial charge in [-0.05, 0) is 40.5 Å². The van der Waals surface area contributed by atoms with E-state index in [0.717, 1.165) is 4.47 Å². The number of halogens is 1. The van der Waals surface area contributed by atoms with E-state index in [1.165, 1.54) is 0 Å². The maximum Gasteiger partial charge on any atom is 0.227 e. The van der Waals surface area contributed by atoms with Crippen molar-refractivity contribution < 1.29 is 9.90 Å². The molecule has 0 saturated carbocycles. The lowest BCUT2D eigenvalue weighted by atomic mass is 10.1. The van der Waals surface area contributed by atoms with Gasteiger partial charge >= 0.3 is 0 Å². The Morgan fingerprint density at radius 1 is 1.56 bits per heavy atom. The molecule has 4 nitrogen and oxygen atoms in total. The minimum absolute atomic E-state index is 0.0572. The molecule has 3 N–H and O–H groups in total. The van der Waals surface area contributed by atoms with Crippen LogP contribution >= 0.6 is 15.9 Å². The summed E-state index contributed by atoms with van der Waals surface area (Å²) < 4.78 is 0.802. The molecule has 1 aliphatic rings. The maximum atomic E-state index is 11.8. The summed E-state index contributed by atoms with van der Waals surface area (Å²) >= 11 is 3.37. The first-order valence-electron chi connectivity index (χ1n) is 5.10. The number of phenols is 1. The van der Waals surface area contributed by atoms with Gasteiger partial charge in [-0.1, -0.05) is 0 Å². The number of hydrogen-bond donors (Lipinski definition) is 2. The van der Waals surface area contributed by atoms with Gasteiger partial charge in [0.25, 0.3) is 0 Å². The van der Waals surface area contributed by atoms with E-state index in [1.807, 2.05) is 0 Å². The number of benzene rings is 1. The van der Waals surface area contributed by atoms with Gasteiger partial charge in [-0.2, -0.15) is 0 Å². The third-order valence-corrected chi connectivity index (χ3v) is 3.43. The predicted molar refractivity (Wildman–Crippen MR) is 65.3 cm³/mol. The quantitative estimate of drug-likeness (QED) is 0.864. The zero-order valence-corrected chi connectivity index (χ0v) is 10.3. The molecule has 0 spiro atoms. The first-order chi connectivity index (χ1) is 7.61. The molecule has 1 unspecified atom stereocenters. The van der Waals surface area contributed by atoms with E-state index in [-0.39, 0.29) is 17.6 Å². The highest BCUT2D eigenvalue weighted by molar-refractivity contribution is 9.10. The number of rotatable bonds is 2. The average molecular weight is 285 g/mol. The van der Waals surface area contributed by atoms with Crippen LogP contribution in [0.3, 0.4) is 0 Å². The maximum absolute atomic E-state index is 11.8. The molecule has 1 aliphatic heterocycles. The molecule has 1 amide bonds. The van der Waals surface area contributed by atoms with Crippen LogP contribution in [0.1, 0.15) is 6.42 Å². The molecule has 0 bridgehead atoms. The molecule has 2 rings (SSSR count). The molecular weight excluding hydrogens is 272 g/mol. The minimum atomic E-state index is 0.0572. The second-order valence-electron chi connectivity index (χ2n) is 3.95. The predicted octanol–water partition coefficient (Wildman–Crippen LogP) is 1.47. The number of nitrogens with zero attached hydrogens (tertiary/aromatic N) is 1. The lowest BCUT2D eigenvalue weighted by Gasteiger charge is -2.18. The van der Waals surface area contributed by atoms with E-state index in [4.69, 9.17) is 5.73 Å². The molecule has 1 aromatic carbocycles. The number of carbonyl (C=O) groups is 1. The fourth-order valence-electron chi connectivity index (χ4n) is 1.88. The van der Waals surface area contributed by atoms with Crippen LogP contribution in [0, 0.1) is 5.92 Å². The van der Waals surface area contributed by atoms with Crippen LogP contribution in [0.25, 0.3) is 0 Å². The molecule has 0 aromatic heterocycles. The van der Waals surface area contributed by atoms with Gasteiger partial charge in [0.2, 0.25) is 5.91 Å². The van der Waals surface area contributed by atoms with Crippen LogP contribution in [-0.4, -0.2) is 24.1 Å². The minimum Gasteiger partial charge on any atom is -0.508 e. The first kappa shape index (κ1) is 11.4. The molecule has 0 radical (unpaired) electrons. The zero-order valence-electron chi connectivity index (χ0n) is 8.69. The topological polar surface area (TPSA) is 66.6 Å². The second-order valence-corrected chi connectivity index (χ2v) is 4.80. The van der Waals surface area contributed by atoms with Crippen LogP contribution < -0.4 is 10.6 Å². The Balaban J connectivity index is 2.30. The van der Waals surface area contributed by atoms with Gasteiger partial charge in [-0.3, -0.25) is 4.79 Å². The van der Waals surface area contributed by atoms with Gasteiger partial charge in [0, 0.05) is 23.5 Å². The number of phenolic OH excluding ortho intramolecular Hbond substituents is 1. The smallest absolute Gasteiger partial charge is 0.227 e. The van der Waals surface area contributed by atoms with Crippen molar-refractivity contribution in [1.82, 2.24) is 0 Å². The van der Waals surface area contributed by atoms with Crippen LogP contribution in [0.15, 0.2) is 22.7 Å². The normalized spacial score (nSPS) is 20.5. The number of amides is 1. The highest BCUT2D eigenvalue weighted by atomic mass is 79.9. The third-order valence-electron chi connectivity index (χ3n) is 2.76. The van der Waals surface area contributed by atoms with Crippen LogP contribution in [0.4, 0.5) is 5.69 Å². The van der Waals surface area contributed by atoms with E-state index in [9.17, 15) is 9.90 Å². The van der Waals surface area contributed by atoms with Gasteiger partial charge in [0.1, 0.15) is 5.75 Å². The van der Waals surface area contributed by atoms with Crippen molar-refractivity contribution in [1.29, 1.82) is 0 Å². The molecule has 86 valence electrons. The first-order valence-corrected chi connectivity index (χ1v) is 5.90. The third kappa shape index (κ3) is 2.05. The Morgan fingerprint density at radius 3 is 2.94 bits per heavy atom. The summed E-state index contributed by atoms with van der Waals surface area (Å²) in [5, 5.41) is 9.42. The Bertz CT molecular complexity index is 422. The lowest BCUT2D eigenvalue weighted by Crippen LogP contribution is -2.26. The summed E-state index contributed by atoms with van der Waals surface area (Å²) in [5.74, 6) is 0.422. The molecule has 1 atom stereocenters. The van der Waals surface area contributed by atoms with Crippen LogP contribution in [0.2, 0.25) is 0 Å². The lowest BCUT2D eigenvalue weighted by molar-refractivity contribution is -0.117. The molecule has 1 fully saturated rings. The van der Waals surface area contributed by atoms with Crippen molar-refractivity contribution >= 4 is 27.5 Å². The highest BCUT2D eigenvalue weighted by Crippen LogP contribution is 2.33. The molecule has 5 heteroatoms. The van der Waals surface area contributed by atoms with Gasteiger partial charge in [-0.25, -0.2) is 0 Å². The van der Waals surface area contributed by atoms with E-state index in [2.05, 4.69) is 15.9 Å². The summed E-state index contributed by atoms with van der Waals surface area (Å²) in [6, 6.07) is 4.89. The number of aromatic hydroxyl groups is 1. The van der Waals surface area contributed by atoms with E-state index < -0.39 is 0 Å². The number of carbonyl (C=O) groups excluding carboxylic acids is 1. The Hall–Kier alpha value is -1.07. The second kappa shape index (κ2) is 4.43. The molecule has 0 aliphatic carbocycles. The van der Waals surface area contributed by atoms with Crippen molar-refractivity contribution in [2.75, 3.05) is 18.0 Å². The van der Waals surface area contributed by atoms with Crippen LogP contribution in [0.5, 0.6) is 5.75 Å². The van der Waals surface area contributed by atoms with Gasteiger partial charge in [-0.15, -0.1) is 0 Å². The zero-order chi connectivity index (χ0) is 11.7. The Labute approximate surface area is 102 Å². The molecule has 1 aromatic rings. The van der Waals surface area contributed by atoms with Crippen molar-refractivity contribution in [2.45, 2.75) is 6.42 Å². The Morgan fingerprint density at radius 2 is 2.31 bits per heavy atom. The van der Waals surface area contributed by atoms with Crippen molar-refractivity contribution in [3.05, 3.63) is 22.7 Å². The van der Waals surface area contributed by atoms with E-state index >= 15 is 0 Å². The standard InChI is InChI=1S/C11H13BrN2O2/c12-9-2-1-8(15)4-10(9)14-6-7(5-13)3-11(14)16/h1-2,4,7,15H,3,5-6,13H2. The Kier molecular flexibility index (Phi) is 3.16. The highest BCUT2D eigenvalue weighted by Gasteiger charge is 2.30. The van der Waals surface area contributed by atoms with E-state index in [1.54, 1.807) is 23.1 Å². The summed E-state index contributed by atoms with van der Waals surface area (Å²) in [5.41, 5.74) is 6.27. The fraction of sp³-hybridized carbons (Fsp3) is 0.364. The number of anilines is 1. The SMILES string of the molecule is NCC1CC(=O)N(c2cc(O)ccc2Br)C1. The number of nitrogens with two attached hydrogens (primary N) is 1.